The van der Waals surface area contributed by atoms with Crippen LogP contribution in [0.15, 0.2) is 11.6 Å². The van der Waals surface area contributed by atoms with Crippen LogP contribution in [0.5, 0.6) is 0 Å². The summed E-state index contributed by atoms with van der Waals surface area (Å²) in [6.45, 7) is 17.3. The fraction of sp³-hybridized carbons (Fsp3) is 0.946. The zero-order chi connectivity index (χ0) is 34.3. The smallest absolute Gasteiger partial charge is 0.187 e. The molecule has 0 spiro atoms. The van der Waals surface area contributed by atoms with E-state index in [2.05, 4.69) is 48.5 Å². The highest BCUT2D eigenvalue weighted by molar-refractivity contribution is 5.24. The SMILES string of the molecule is C/C(=C/CC[C@](C)(O[C@@H]1O[C@H](CO)[C@@H](O)[C@H](O)[C@H]1O)[C@H]1CC[C@@]2(C)[C@@]3(C)C(CC[C@]12C)[C@@]1(C)CC[C@H](O)C(C)(C)[C@@H]1C[C@@H]3O)CO. The minimum absolute atomic E-state index is 0.00187. The van der Waals surface area contributed by atoms with Gasteiger partial charge in [-0.3, -0.25) is 0 Å². The van der Waals surface area contributed by atoms with Crippen molar-refractivity contribution in [2.45, 2.75) is 162 Å². The molecular formula is C37H64O9. The van der Waals surface area contributed by atoms with Crippen molar-refractivity contribution in [2.75, 3.05) is 13.2 Å². The Morgan fingerprint density at radius 1 is 0.848 bits per heavy atom. The predicted molar refractivity (Wildman–Crippen MR) is 174 cm³/mol. The number of fused-ring (bicyclic) bond motifs is 5. The van der Waals surface area contributed by atoms with Crippen LogP contribution in [0, 0.1) is 44.8 Å². The molecule has 9 nitrogen and oxygen atoms in total. The molecule has 0 aromatic heterocycles. The standard InChI is InChI=1S/C37H64O9/c1-21(19-38)10-9-14-35(6,46-31-30(44)29(43)28(42)22(20-39)45-31)24-12-17-36(7)34(24,5)16-11-23-33(4)15-13-26(40)32(2,3)25(33)18-27(41)37(23,36)8/h10,22-31,38-44H,9,11-20H2,1-8H3/b21-10-/t22-,23?,24+,25+,26+,27+,28-,29+,30-,31+,33-,34-,35+,36-,37+/m1/s1. The molecule has 1 unspecified atom stereocenters. The largest absolute Gasteiger partial charge is 0.394 e. The Kier molecular flexibility index (Phi) is 9.81. The number of allylic oxidation sites excluding steroid dienone is 1. The van der Waals surface area contributed by atoms with E-state index >= 15 is 0 Å². The summed E-state index contributed by atoms with van der Waals surface area (Å²) in [6.07, 6.45) is 1.61. The van der Waals surface area contributed by atoms with Crippen molar-refractivity contribution in [3.63, 3.8) is 0 Å². The number of aliphatic hydroxyl groups excluding tert-OH is 7. The highest BCUT2D eigenvalue weighted by Gasteiger charge is 2.75. The van der Waals surface area contributed by atoms with Crippen molar-refractivity contribution < 1.29 is 45.2 Å². The Bertz CT molecular complexity index is 1140. The van der Waals surface area contributed by atoms with Crippen LogP contribution < -0.4 is 0 Å². The Labute approximate surface area is 276 Å². The molecule has 15 atom stereocenters. The lowest BCUT2D eigenvalue weighted by molar-refractivity contribution is -0.339. The van der Waals surface area contributed by atoms with Gasteiger partial charge in [-0.2, -0.15) is 0 Å². The van der Waals surface area contributed by atoms with Gasteiger partial charge in [-0.05, 0) is 111 Å². The molecule has 0 aromatic rings. The van der Waals surface area contributed by atoms with E-state index in [1.54, 1.807) is 0 Å². The van der Waals surface area contributed by atoms with Crippen LogP contribution in [0.1, 0.15) is 113 Å². The van der Waals surface area contributed by atoms with Crippen molar-refractivity contribution >= 4 is 0 Å². The lowest BCUT2D eigenvalue weighted by Gasteiger charge is -2.73. The van der Waals surface area contributed by atoms with E-state index in [1.165, 1.54) is 0 Å². The van der Waals surface area contributed by atoms with Gasteiger partial charge < -0.3 is 45.2 Å². The summed E-state index contributed by atoms with van der Waals surface area (Å²) in [4.78, 5) is 0. The molecule has 0 bridgehead atoms. The van der Waals surface area contributed by atoms with Gasteiger partial charge in [0.05, 0.1) is 31.0 Å². The van der Waals surface area contributed by atoms with Crippen molar-refractivity contribution in [1.29, 1.82) is 0 Å². The number of ether oxygens (including phenoxy) is 2. The predicted octanol–water partition coefficient (Wildman–Crippen LogP) is 3.69. The van der Waals surface area contributed by atoms with Crippen molar-refractivity contribution in [1.82, 2.24) is 0 Å². The Hall–Kier alpha value is -0.620. The van der Waals surface area contributed by atoms with Crippen molar-refractivity contribution in [3.8, 4) is 0 Å². The van der Waals surface area contributed by atoms with Gasteiger partial charge in [0.15, 0.2) is 6.29 Å². The maximum absolute atomic E-state index is 12.3. The molecule has 1 saturated heterocycles. The molecule has 9 heteroatoms. The minimum Gasteiger partial charge on any atom is -0.394 e. The van der Waals surface area contributed by atoms with Crippen LogP contribution >= 0.6 is 0 Å². The van der Waals surface area contributed by atoms with E-state index in [0.29, 0.717) is 25.2 Å². The third-order valence-corrected chi connectivity index (χ3v) is 15.6. The second kappa shape index (κ2) is 12.3. The Balaban J connectivity index is 1.52. The van der Waals surface area contributed by atoms with Crippen LogP contribution in [0.3, 0.4) is 0 Å². The molecule has 0 radical (unpaired) electrons. The second-order valence-electron chi connectivity index (χ2n) is 17.8. The lowest BCUT2D eigenvalue weighted by Crippen LogP contribution is -2.70. The molecule has 5 fully saturated rings. The fourth-order valence-electron chi connectivity index (χ4n) is 12.4. The zero-order valence-corrected chi connectivity index (χ0v) is 29.6. The Morgan fingerprint density at radius 2 is 1.52 bits per heavy atom. The molecular weight excluding hydrogens is 588 g/mol. The molecule has 5 aliphatic rings. The molecule has 1 heterocycles. The summed E-state index contributed by atoms with van der Waals surface area (Å²) < 4.78 is 12.7. The Morgan fingerprint density at radius 3 is 2.15 bits per heavy atom. The zero-order valence-electron chi connectivity index (χ0n) is 29.6. The van der Waals surface area contributed by atoms with E-state index in [0.717, 1.165) is 44.1 Å². The van der Waals surface area contributed by atoms with Gasteiger partial charge in [0, 0.05) is 5.41 Å². The first kappa shape index (κ1) is 36.7. The lowest BCUT2D eigenvalue weighted by atomic mass is 9.32. The molecule has 46 heavy (non-hydrogen) atoms. The number of hydrogen-bond acceptors (Lipinski definition) is 9. The van der Waals surface area contributed by atoms with Crippen molar-refractivity contribution in [2.24, 2.45) is 44.8 Å². The van der Waals surface area contributed by atoms with Gasteiger partial charge in [0.2, 0.25) is 0 Å². The third kappa shape index (κ3) is 5.12. The number of hydrogen-bond donors (Lipinski definition) is 7. The summed E-state index contributed by atoms with van der Waals surface area (Å²) in [5, 5.41) is 75.0. The minimum atomic E-state index is -1.53. The first-order valence-electron chi connectivity index (χ1n) is 17.9. The van der Waals surface area contributed by atoms with E-state index in [1.807, 2.05) is 13.0 Å². The second-order valence-corrected chi connectivity index (χ2v) is 17.8. The highest BCUT2D eigenvalue weighted by Crippen LogP contribution is 2.79. The summed E-state index contributed by atoms with van der Waals surface area (Å²) in [6, 6.07) is 0. The van der Waals surface area contributed by atoms with E-state index in [4.69, 9.17) is 9.47 Å². The van der Waals surface area contributed by atoms with Gasteiger partial charge in [-0.15, -0.1) is 0 Å². The maximum atomic E-state index is 12.3. The number of rotatable bonds is 8. The van der Waals surface area contributed by atoms with Gasteiger partial charge >= 0.3 is 0 Å². The first-order valence-corrected chi connectivity index (χ1v) is 17.9. The summed E-state index contributed by atoms with van der Waals surface area (Å²) in [7, 11) is 0. The van der Waals surface area contributed by atoms with Crippen LogP contribution in [0.4, 0.5) is 0 Å². The van der Waals surface area contributed by atoms with Gasteiger partial charge in [0.1, 0.15) is 24.4 Å². The summed E-state index contributed by atoms with van der Waals surface area (Å²) in [5.41, 5.74) is -1.09. The van der Waals surface area contributed by atoms with Crippen LogP contribution in [0.2, 0.25) is 0 Å². The summed E-state index contributed by atoms with van der Waals surface area (Å²) >= 11 is 0. The molecule has 1 aliphatic heterocycles. The average Bonchev–Trinajstić information content (AvgIpc) is 3.29. The van der Waals surface area contributed by atoms with Gasteiger partial charge in [-0.1, -0.05) is 53.2 Å². The normalized spacial score (nSPS) is 51.9. The topological polar surface area (TPSA) is 160 Å². The molecule has 7 N–H and O–H groups in total. The van der Waals surface area contributed by atoms with E-state index in [9.17, 15) is 35.7 Å². The van der Waals surface area contributed by atoms with Crippen LogP contribution in [0.25, 0.3) is 0 Å². The summed E-state index contributed by atoms with van der Waals surface area (Å²) in [5.74, 6) is 0.536. The quantitative estimate of drug-likeness (QED) is 0.194. The monoisotopic (exact) mass is 652 g/mol. The van der Waals surface area contributed by atoms with Crippen LogP contribution in [-0.2, 0) is 9.47 Å². The molecule has 4 saturated carbocycles. The third-order valence-electron chi connectivity index (χ3n) is 15.6. The molecule has 0 aromatic carbocycles. The maximum Gasteiger partial charge on any atom is 0.187 e. The average molecular weight is 653 g/mol. The van der Waals surface area contributed by atoms with Gasteiger partial charge in [-0.25, -0.2) is 0 Å². The van der Waals surface area contributed by atoms with Gasteiger partial charge in [0.25, 0.3) is 0 Å². The molecule has 4 aliphatic carbocycles. The molecule has 266 valence electrons. The molecule has 5 rings (SSSR count). The van der Waals surface area contributed by atoms with Crippen molar-refractivity contribution in [3.05, 3.63) is 11.6 Å². The number of aliphatic hydroxyl groups is 7. The first-order chi connectivity index (χ1) is 21.3. The highest BCUT2D eigenvalue weighted by atomic mass is 16.7. The molecule has 0 amide bonds. The van der Waals surface area contributed by atoms with E-state index < -0.39 is 49.0 Å². The van der Waals surface area contributed by atoms with Crippen LogP contribution in [-0.4, -0.2) is 97.5 Å². The van der Waals surface area contributed by atoms with E-state index in [-0.39, 0.29) is 51.6 Å². The fourth-order valence-corrected chi connectivity index (χ4v) is 12.4.